The van der Waals surface area contributed by atoms with Crippen LogP contribution in [0.3, 0.4) is 0 Å². The van der Waals surface area contributed by atoms with E-state index in [2.05, 4.69) is 34.3 Å². The van der Waals surface area contributed by atoms with Gasteiger partial charge in [0.2, 0.25) is 0 Å². The van der Waals surface area contributed by atoms with E-state index in [-0.39, 0.29) is 5.91 Å². The molecule has 1 aromatic rings. The van der Waals surface area contributed by atoms with Gasteiger partial charge < -0.3 is 4.90 Å². The van der Waals surface area contributed by atoms with E-state index in [0.717, 1.165) is 18.8 Å². The fraction of sp³-hybridized carbons (Fsp3) is 0.571. The largest absolute Gasteiger partial charge is 0.305 e. The summed E-state index contributed by atoms with van der Waals surface area (Å²) in [4.78, 5) is 20.5. The van der Waals surface area contributed by atoms with Crippen molar-refractivity contribution in [3.63, 3.8) is 0 Å². The first-order valence-electron chi connectivity index (χ1n) is 6.96. The standard InChI is InChI=1S/C14H23N5O/c1-18-8-4-6-12(10-18)19(2)9-11-5-3-7-13(16-11)14(20)17-15/h3,5,7,12H,4,6,8-10,15H2,1-2H3,(H,17,20). The zero-order chi connectivity index (χ0) is 14.5. The third-order valence-corrected chi connectivity index (χ3v) is 3.80. The maximum Gasteiger partial charge on any atom is 0.283 e. The van der Waals surface area contributed by atoms with E-state index < -0.39 is 0 Å². The van der Waals surface area contributed by atoms with Crippen molar-refractivity contribution >= 4 is 5.91 Å². The van der Waals surface area contributed by atoms with Crippen LogP contribution < -0.4 is 11.3 Å². The van der Waals surface area contributed by atoms with Crippen LogP contribution in [0.4, 0.5) is 0 Å². The molecule has 2 rings (SSSR count). The quantitative estimate of drug-likeness (QED) is 0.467. The molecule has 0 saturated carbocycles. The van der Waals surface area contributed by atoms with Gasteiger partial charge in [-0.15, -0.1) is 0 Å². The van der Waals surface area contributed by atoms with Gasteiger partial charge in [0, 0.05) is 19.1 Å². The average molecular weight is 277 g/mol. The second-order valence-electron chi connectivity index (χ2n) is 5.46. The zero-order valence-corrected chi connectivity index (χ0v) is 12.2. The Kier molecular flexibility index (Phi) is 5.05. The summed E-state index contributed by atoms with van der Waals surface area (Å²) in [6.07, 6.45) is 2.44. The summed E-state index contributed by atoms with van der Waals surface area (Å²) in [5, 5.41) is 0. The number of pyridine rings is 1. The van der Waals surface area contributed by atoms with Crippen LogP contribution in [0.5, 0.6) is 0 Å². The van der Waals surface area contributed by atoms with Crippen LogP contribution in [0, 0.1) is 0 Å². The number of amides is 1. The highest BCUT2D eigenvalue weighted by molar-refractivity contribution is 5.91. The van der Waals surface area contributed by atoms with Gasteiger partial charge in [0.25, 0.3) is 5.91 Å². The third kappa shape index (κ3) is 3.75. The van der Waals surface area contributed by atoms with Crippen molar-refractivity contribution in [2.45, 2.75) is 25.4 Å². The molecule has 110 valence electrons. The van der Waals surface area contributed by atoms with E-state index in [0.29, 0.717) is 11.7 Å². The Hall–Kier alpha value is -1.50. The lowest BCUT2D eigenvalue weighted by molar-refractivity contribution is 0.0947. The number of likely N-dealkylation sites (tertiary alicyclic amines) is 1. The highest BCUT2D eigenvalue weighted by atomic mass is 16.2. The SMILES string of the molecule is CN1CCCC(N(C)Cc2cccc(C(=O)NN)n2)C1. The van der Waals surface area contributed by atoms with Crippen molar-refractivity contribution in [2.24, 2.45) is 5.84 Å². The molecule has 1 saturated heterocycles. The molecule has 1 fully saturated rings. The molecule has 3 N–H and O–H groups in total. The van der Waals surface area contributed by atoms with Gasteiger partial charge in [-0.25, -0.2) is 10.8 Å². The highest BCUT2D eigenvalue weighted by Gasteiger charge is 2.21. The van der Waals surface area contributed by atoms with E-state index in [1.165, 1.54) is 19.4 Å². The number of likely N-dealkylation sites (N-methyl/N-ethyl adjacent to an activating group) is 2. The summed E-state index contributed by atoms with van der Waals surface area (Å²) >= 11 is 0. The van der Waals surface area contributed by atoms with Gasteiger partial charge in [0.1, 0.15) is 5.69 Å². The molecule has 0 aliphatic carbocycles. The topological polar surface area (TPSA) is 74.5 Å². The van der Waals surface area contributed by atoms with E-state index in [1.807, 2.05) is 12.1 Å². The van der Waals surface area contributed by atoms with Crippen molar-refractivity contribution in [3.05, 3.63) is 29.6 Å². The van der Waals surface area contributed by atoms with Crippen molar-refractivity contribution in [1.82, 2.24) is 20.2 Å². The van der Waals surface area contributed by atoms with Gasteiger partial charge in [-0.2, -0.15) is 0 Å². The fourth-order valence-electron chi connectivity index (χ4n) is 2.65. The van der Waals surface area contributed by atoms with Gasteiger partial charge in [0.05, 0.1) is 5.69 Å². The molecule has 0 radical (unpaired) electrons. The second kappa shape index (κ2) is 6.78. The maximum atomic E-state index is 11.5. The van der Waals surface area contributed by atoms with E-state index in [9.17, 15) is 4.79 Å². The number of hydrogen-bond acceptors (Lipinski definition) is 5. The van der Waals surface area contributed by atoms with E-state index in [4.69, 9.17) is 5.84 Å². The third-order valence-electron chi connectivity index (χ3n) is 3.80. The predicted octanol–water partition coefficient (Wildman–Crippen LogP) is 0.211. The van der Waals surface area contributed by atoms with Gasteiger partial charge in [-0.05, 0) is 45.6 Å². The van der Waals surface area contributed by atoms with Gasteiger partial charge in [-0.1, -0.05) is 6.07 Å². The molecule has 1 unspecified atom stereocenters. The lowest BCUT2D eigenvalue weighted by Crippen LogP contribution is -2.44. The number of piperidine rings is 1. The average Bonchev–Trinajstić information content (AvgIpc) is 2.46. The van der Waals surface area contributed by atoms with Crippen LogP contribution in [0.15, 0.2) is 18.2 Å². The predicted molar refractivity (Wildman–Crippen MR) is 77.9 cm³/mol. The highest BCUT2D eigenvalue weighted by Crippen LogP contribution is 2.15. The number of nitrogen functional groups attached to an aromatic ring is 1. The lowest BCUT2D eigenvalue weighted by Gasteiger charge is -2.35. The Morgan fingerprint density at radius 3 is 3.10 bits per heavy atom. The normalized spacial score (nSPS) is 20.1. The number of aromatic nitrogens is 1. The minimum atomic E-state index is -0.355. The smallest absolute Gasteiger partial charge is 0.283 e. The van der Waals surface area contributed by atoms with Crippen LogP contribution >= 0.6 is 0 Å². The Morgan fingerprint density at radius 2 is 2.40 bits per heavy atom. The summed E-state index contributed by atoms with van der Waals surface area (Å²) in [6.45, 7) is 3.00. The number of nitrogens with zero attached hydrogens (tertiary/aromatic N) is 3. The Morgan fingerprint density at radius 1 is 1.60 bits per heavy atom. The van der Waals surface area contributed by atoms with Crippen molar-refractivity contribution in [3.8, 4) is 0 Å². The van der Waals surface area contributed by atoms with Crippen molar-refractivity contribution in [1.29, 1.82) is 0 Å². The van der Waals surface area contributed by atoms with Crippen molar-refractivity contribution in [2.75, 3.05) is 27.2 Å². The molecular formula is C14H23N5O. The molecule has 2 heterocycles. The second-order valence-corrected chi connectivity index (χ2v) is 5.46. The summed E-state index contributed by atoms with van der Waals surface area (Å²) in [5.41, 5.74) is 3.36. The number of hydrazine groups is 1. The first-order chi connectivity index (χ1) is 9.60. The number of carbonyl (C=O) groups is 1. The number of hydrogen-bond donors (Lipinski definition) is 2. The molecule has 0 bridgehead atoms. The zero-order valence-electron chi connectivity index (χ0n) is 12.2. The Bertz CT molecular complexity index is 465. The molecule has 6 nitrogen and oxygen atoms in total. The van der Waals surface area contributed by atoms with E-state index >= 15 is 0 Å². The van der Waals surface area contributed by atoms with Gasteiger partial charge in [0.15, 0.2) is 0 Å². The number of nitrogens with two attached hydrogens (primary N) is 1. The fourth-order valence-corrected chi connectivity index (χ4v) is 2.65. The minimum absolute atomic E-state index is 0.355. The van der Waals surface area contributed by atoms with Crippen LogP contribution in [0.1, 0.15) is 29.0 Å². The van der Waals surface area contributed by atoms with Crippen molar-refractivity contribution < 1.29 is 4.79 Å². The molecule has 0 spiro atoms. The number of nitrogens with one attached hydrogen (secondary N) is 1. The van der Waals surface area contributed by atoms with Gasteiger partial charge >= 0.3 is 0 Å². The Labute approximate surface area is 119 Å². The molecular weight excluding hydrogens is 254 g/mol. The molecule has 1 aliphatic heterocycles. The Balaban J connectivity index is 2.00. The van der Waals surface area contributed by atoms with Gasteiger partial charge in [-0.3, -0.25) is 15.1 Å². The summed E-state index contributed by atoms with van der Waals surface area (Å²) in [7, 11) is 4.27. The monoisotopic (exact) mass is 277 g/mol. The van der Waals surface area contributed by atoms with Crippen LogP contribution in [0.25, 0.3) is 0 Å². The molecule has 0 aromatic carbocycles. The number of carbonyl (C=O) groups excluding carboxylic acids is 1. The summed E-state index contributed by atoms with van der Waals surface area (Å²) in [5.74, 6) is 4.78. The summed E-state index contributed by atoms with van der Waals surface area (Å²) in [6, 6.07) is 5.99. The molecule has 1 amide bonds. The molecule has 1 aromatic heterocycles. The molecule has 1 aliphatic rings. The number of rotatable bonds is 4. The lowest BCUT2D eigenvalue weighted by atomic mass is 10.0. The maximum absolute atomic E-state index is 11.5. The summed E-state index contributed by atoms with van der Waals surface area (Å²) < 4.78 is 0. The molecule has 6 heteroatoms. The molecule has 20 heavy (non-hydrogen) atoms. The first kappa shape index (κ1) is 14.9. The van der Waals surface area contributed by atoms with Crippen LogP contribution in [-0.4, -0.2) is 53.9 Å². The minimum Gasteiger partial charge on any atom is -0.305 e. The van der Waals surface area contributed by atoms with Crippen LogP contribution in [0.2, 0.25) is 0 Å². The van der Waals surface area contributed by atoms with Crippen LogP contribution in [-0.2, 0) is 6.54 Å². The first-order valence-corrected chi connectivity index (χ1v) is 6.96. The molecule has 1 atom stereocenters. The van der Waals surface area contributed by atoms with E-state index in [1.54, 1.807) is 6.07 Å².